The van der Waals surface area contributed by atoms with Crippen LogP contribution in [0.5, 0.6) is 11.5 Å². The van der Waals surface area contributed by atoms with Crippen LogP contribution in [0.3, 0.4) is 0 Å². The fourth-order valence-electron chi connectivity index (χ4n) is 5.19. The number of hydrogen-bond donors (Lipinski definition) is 4. The number of amides is 3. The molecular formula is C32H45N3O6. The average molecular weight is 568 g/mol. The molecule has 1 fully saturated rings. The van der Waals surface area contributed by atoms with Crippen LogP contribution in [0.4, 0.5) is 4.79 Å². The molecule has 4 N–H and O–H groups in total. The SMILES string of the molecule is Cc1cc(C(C(=O)NC2CCCCC2)N(C(=O)C(Cc2ccc(O)cc2)NC(=O)OC(C)(C)C)C(C)C)ccc1O. The summed E-state index contributed by atoms with van der Waals surface area (Å²) in [5, 5.41) is 25.8. The van der Waals surface area contributed by atoms with Crippen LogP contribution < -0.4 is 10.6 Å². The lowest BCUT2D eigenvalue weighted by atomic mass is 9.93. The van der Waals surface area contributed by atoms with Crippen molar-refractivity contribution in [2.45, 2.75) is 110 Å². The first-order valence-corrected chi connectivity index (χ1v) is 14.4. The fourth-order valence-corrected chi connectivity index (χ4v) is 5.19. The molecule has 0 spiro atoms. The van der Waals surface area contributed by atoms with Gasteiger partial charge < -0.3 is 30.5 Å². The van der Waals surface area contributed by atoms with E-state index in [1.54, 1.807) is 52.0 Å². The number of carbonyl (C=O) groups is 3. The van der Waals surface area contributed by atoms with Crippen molar-refractivity contribution in [1.29, 1.82) is 0 Å². The minimum atomic E-state index is -1.06. The minimum absolute atomic E-state index is 0.0220. The molecule has 0 aromatic heterocycles. The summed E-state index contributed by atoms with van der Waals surface area (Å²) in [6.45, 7) is 10.6. The maximum absolute atomic E-state index is 14.4. The molecule has 3 amide bonds. The first kappa shape index (κ1) is 31.8. The molecule has 1 saturated carbocycles. The van der Waals surface area contributed by atoms with Crippen molar-refractivity contribution in [3.05, 3.63) is 59.2 Å². The van der Waals surface area contributed by atoms with E-state index in [9.17, 15) is 24.6 Å². The van der Waals surface area contributed by atoms with E-state index in [1.807, 2.05) is 13.8 Å². The highest BCUT2D eigenvalue weighted by Crippen LogP contribution is 2.30. The smallest absolute Gasteiger partial charge is 0.408 e. The molecule has 9 nitrogen and oxygen atoms in total. The molecule has 224 valence electrons. The number of benzene rings is 2. The van der Waals surface area contributed by atoms with Crippen molar-refractivity contribution in [2.24, 2.45) is 0 Å². The van der Waals surface area contributed by atoms with Gasteiger partial charge in [0.2, 0.25) is 11.8 Å². The molecule has 1 aliphatic carbocycles. The molecule has 41 heavy (non-hydrogen) atoms. The second-order valence-electron chi connectivity index (χ2n) is 12.2. The van der Waals surface area contributed by atoms with E-state index < -0.39 is 35.7 Å². The van der Waals surface area contributed by atoms with Crippen molar-refractivity contribution in [1.82, 2.24) is 15.5 Å². The van der Waals surface area contributed by atoms with Crippen LogP contribution in [-0.2, 0) is 20.7 Å². The lowest BCUT2D eigenvalue weighted by molar-refractivity contribution is -0.145. The number of nitrogens with zero attached hydrogens (tertiary/aromatic N) is 1. The molecule has 3 rings (SSSR count). The summed E-state index contributed by atoms with van der Waals surface area (Å²) < 4.78 is 5.47. The van der Waals surface area contributed by atoms with Gasteiger partial charge in [-0.3, -0.25) is 9.59 Å². The van der Waals surface area contributed by atoms with Crippen LogP contribution in [0.15, 0.2) is 42.5 Å². The fraction of sp³-hybridized carbons (Fsp3) is 0.531. The Hall–Kier alpha value is -3.75. The van der Waals surface area contributed by atoms with Gasteiger partial charge in [-0.25, -0.2) is 4.79 Å². The number of hydrogen-bond acceptors (Lipinski definition) is 6. The monoisotopic (exact) mass is 567 g/mol. The molecule has 2 atom stereocenters. The second kappa shape index (κ2) is 13.7. The summed E-state index contributed by atoms with van der Waals surface area (Å²) in [4.78, 5) is 42.8. The van der Waals surface area contributed by atoms with E-state index >= 15 is 0 Å². The quantitative estimate of drug-likeness (QED) is 0.327. The predicted octanol–water partition coefficient (Wildman–Crippen LogP) is 5.27. The number of nitrogens with one attached hydrogen (secondary N) is 2. The topological polar surface area (TPSA) is 128 Å². The van der Waals surface area contributed by atoms with E-state index in [0.717, 1.165) is 32.1 Å². The zero-order valence-electron chi connectivity index (χ0n) is 25.1. The third-order valence-electron chi connectivity index (χ3n) is 7.19. The highest BCUT2D eigenvalue weighted by molar-refractivity contribution is 5.92. The van der Waals surface area contributed by atoms with E-state index in [0.29, 0.717) is 16.7 Å². The number of aryl methyl sites for hydroxylation is 1. The van der Waals surface area contributed by atoms with Crippen LogP contribution in [0.2, 0.25) is 0 Å². The van der Waals surface area contributed by atoms with E-state index in [1.165, 1.54) is 23.1 Å². The van der Waals surface area contributed by atoms with Gasteiger partial charge in [-0.15, -0.1) is 0 Å². The van der Waals surface area contributed by atoms with E-state index in [4.69, 9.17) is 4.74 Å². The molecule has 0 aliphatic heterocycles. The third kappa shape index (κ3) is 9.13. The minimum Gasteiger partial charge on any atom is -0.508 e. The van der Waals surface area contributed by atoms with Gasteiger partial charge in [0, 0.05) is 18.5 Å². The van der Waals surface area contributed by atoms with Gasteiger partial charge in [-0.2, -0.15) is 0 Å². The summed E-state index contributed by atoms with van der Waals surface area (Å²) in [6, 6.07) is 8.87. The number of carbonyl (C=O) groups excluding carboxylic acids is 3. The predicted molar refractivity (Wildman–Crippen MR) is 158 cm³/mol. The van der Waals surface area contributed by atoms with Crippen molar-refractivity contribution >= 4 is 17.9 Å². The van der Waals surface area contributed by atoms with Crippen LogP contribution in [-0.4, -0.2) is 56.7 Å². The second-order valence-corrected chi connectivity index (χ2v) is 12.2. The first-order chi connectivity index (χ1) is 19.2. The Kier molecular flexibility index (Phi) is 10.7. The summed E-state index contributed by atoms with van der Waals surface area (Å²) in [6.07, 6.45) is 4.34. The molecular weight excluding hydrogens is 522 g/mol. The van der Waals surface area contributed by atoms with Crippen molar-refractivity contribution < 1.29 is 29.3 Å². The normalized spacial score (nSPS) is 15.6. The first-order valence-electron chi connectivity index (χ1n) is 14.4. The van der Waals surface area contributed by atoms with Crippen molar-refractivity contribution in [2.75, 3.05) is 0 Å². The van der Waals surface area contributed by atoms with E-state index in [-0.39, 0.29) is 29.9 Å². The Bertz CT molecular complexity index is 1200. The summed E-state index contributed by atoms with van der Waals surface area (Å²) in [5.41, 5.74) is 1.09. The van der Waals surface area contributed by atoms with Gasteiger partial charge in [0.15, 0.2) is 0 Å². The Labute approximate surface area is 243 Å². The van der Waals surface area contributed by atoms with Crippen LogP contribution >= 0.6 is 0 Å². The Morgan fingerprint density at radius 2 is 1.63 bits per heavy atom. The summed E-state index contributed by atoms with van der Waals surface area (Å²) in [5.74, 6) is -0.569. The van der Waals surface area contributed by atoms with Gasteiger partial charge in [-0.05, 0) is 95.3 Å². The number of rotatable bonds is 9. The van der Waals surface area contributed by atoms with Crippen LogP contribution in [0.25, 0.3) is 0 Å². The maximum atomic E-state index is 14.4. The average Bonchev–Trinajstić information content (AvgIpc) is 2.88. The van der Waals surface area contributed by atoms with Crippen molar-refractivity contribution in [3.8, 4) is 11.5 Å². The van der Waals surface area contributed by atoms with E-state index in [2.05, 4.69) is 10.6 Å². The highest BCUT2D eigenvalue weighted by atomic mass is 16.6. The molecule has 0 radical (unpaired) electrons. The van der Waals surface area contributed by atoms with Gasteiger partial charge in [0.1, 0.15) is 29.2 Å². The molecule has 2 aromatic rings. The zero-order valence-corrected chi connectivity index (χ0v) is 25.1. The summed E-state index contributed by atoms with van der Waals surface area (Å²) in [7, 11) is 0. The number of aromatic hydroxyl groups is 2. The Morgan fingerprint density at radius 1 is 1.00 bits per heavy atom. The van der Waals surface area contributed by atoms with Gasteiger partial charge >= 0.3 is 6.09 Å². The maximum Gasteiger partial charge on any atom is 0.408 e. The van der Waals surface area contributed by atoms with Gasteiger partial charge in [-0.1, -0.05) is 37.5 Å². The third-order valence-corrected chi connectivity index (χ3v) is 7.19. The standard InChI is InChI=1S/C32H45N3O6/c1-20(2)35(28(23-14-17-27(37)21(3)18-23)29(38)33-24-10-8-7-9-11-24)30(39)26(34-31(40)41-32(4,5)6)19-22-12-15-25(36)16-13-22/h12-18,20,24,26,28,36-37H,7-11,19H2,1-6H3,(H,33,38)(H,34,40). The molecule has 2 aromatic carbocycles. The lowest BCUT2D eigenvalue weighted by Gasteiger charge is -2.38. The largest absolute Gasteiger partial charge is 0.508 e. The Morgan fingerprint density at radius 3 is 2.20 bits per heavy atom. The molecule has 1 aliphatic rings. The molecule has 0 heterocycles. The highest BCUT2D eigenvalue weighted by Gasteiger charge is 2.38. The Balaban J connectivity index is 2.02. The number of alkyl carbamates (subject to hydrolysis) is 1. The lowest BCUT2D eigenvalue weighted by Crippen LogP contribution is -2.56. The van der Waals surface area contributed by atoms with Gasteiger partial charge in [0.05, 0.1) is 0 Å². The number of ether oxygens (including phenoxy) is 1. The van der Waals surface area contributed by atoms with Gasteiger partial charge in [0.25, 0.3) is 0 Å². The van der Waals surface area contributed by atoms with Crippen molar-refractivity contribution in [3.63, 3.8) is 0 Å². The molecule has 0 bridgehead atoms. The van der Waals surface area contributed by atoms with Crippen LogP contribution in [0, 0.1) is 6.92 Å². The number of phenolic OH excluding ortho intramolecular Hbond substituents is 2. The van der Waals surface area contributed by atoms with Crippen LogP contribution in [0.1, 0.15) is 89.5 Å². The summed E-state index contributed by atoms with van der Waals surface area (Å²) >= 11 is 0. The number of phenols is 2. The molecule has 2 unspecified atom stereocenters. The zero-order chi connectivity index (χ0) is 30.3. The molecule has 9 heteroatoms. The molecule has 0 saturated heterocycles.